The highest BCUT2D eigenvalue weighted by Crippen LogP contribution is 2.34. The maximum Gasteiger partial charge on any atom is 0.287 e. The molecule has 176 valence electrons. The van der Waals surface area contributed by atoms with Crippen molar-refractivity contribution >= 4 is 0 Å². The summed E-state index contributed by atoms with van der Waals surface area (Å²) in [4.78, 5) is 0. The van der Waals surface area contributed by atoms with Crippen molar-refractivity contribution in [3.63, 3.8) is 0 Å². The third kappa shape index (κ3) is 13.0. The fourth-order valence-electron chi connectivity index (χ4n) is 3.60. The molecule has 2 N–H and O–H groups in total. The summed E-state index contributed by atoms with van der Waals surface area (Å²) >= 11 is 0. The van der Waals surface area contributed by atoms with Crippen molar-refractivity contribution in [1.82, 2.24) is 0 Å². The molecular weight excluding hydrogens is 362 g/mol. The fourth-order valence-corrected chi connectivity index (χ4v) is 3.60. The zero-order chi connectivity index (χ0) is 21.8. The zero-order valence-corrected chi connectivity index (χ0v) is 20.5. The molecule has 0 aliphatic rings. The van der Waals surface area contributed by atoms with E-state index in [2.05, 4.69) is 34.6 Å². The lowest BCUT2D eigenvalue weighted by Crippen LogP contribution is -2.53. The summed E-state index contributed by atoms with van der Waals surface area (Å²) in [6.45, 7) is 13.0. The van der Waals surface area contributed by atoms with Gasteiger partial charge in [0.25, 0.3) is 5.97 Å². The summed E-state index contributed by atoms with van der Waals surface area (Å²) in [6.07, 6.45) is 15.9. The smallest absolute Gasteiger partial charge is 0.287 e. The molecule has 4 heteroatoms. The molecule has 0 amide bonds. The molecule has 0 aromatic rings. The Morgan fingerprint density at radius 3 is 1.41 bits per heavy atom. The molecule has 29 heavy (non-hydrogen) atoms. The van der Waals surface area contributed by atoms with Crippen LogP contribution in [0.2, 0.25) is 0 Å². The molecule has 0 bridgehead atoms. The van der Waals surface area contributed by atoms with Crippen molar-refractivity contribution in [3.05, 3.63) is 0 Å². The van der Waals surface area contributed by atoms with Crippen LogP contribution in [0.5, 0.6) is 0 Å². The van der Waals surface area contributed by atoms with E-state index < -0.39 is 5.97 Å². The van der Waals surface area contributed by atoms with Crippen LogP contribution in [0.25, 0.3) is 0 Å². The summed E-state index contributed by atoms with van der Waals surface area (Å²) in [6, 6.07) is 0.0236. The Hall–Kier alpha value is -0.160. The average molecular weight is 416 g/mol. The summed E-state index contributed by atoms with van der Waals surface area (Å²) in [5.41, 5.74) is 6.64. The van der Waals surface area contributed by atoms with Crippen LogP contribution < -0.4 is 5.73 Å². The van der Waals surface area contributed by atoms with Gasteiger partial charge in [0, 0.05) is 6.04 Å². The van der Waals surface area contributed by atoms with E-state index in [9.17, 15) is 0 Å². The van der Waals surface area contributed by atoms with Gasteiger partial charge in [0.05, 0.1) is 25.7 Å². The first-order valence-electron chi connectivity index (χ1n) is 12.8. The molecule has 0 rings (SSSR count). The maximum absolute atomic E-state index is 6.64. The van der Waals surface area contributed by atoms with E-state index in [0.717, 1.165) is 57.8 Å². The molecule has 0 aliphatic heterocycles. The summed E-state index contributed by atoms with van der Waals surface area (Å²) in [5.74, 6) is -0.914. The average Bonchev–Trinajstić information content (AvgIpc) is 2.73. The highest BCUT2D eigenvalue weighted by molar-refractivity contribution is 4.82. The quantitative estimate of drug-likeness (QED) is 0.150. The number of hydrogen-bond donors (Lipinski definition) is 1. The van der Waals surface area contributed by atoms with Gasteiger partial charge in [-0.3, -0.25) is 0 Å². The van der Waals surface area contributed by atoms with Crippen LogP contribution in [0.1, 0.15) is 125 Å². The first-order chi connectivity index (χ1) is 14.1. The first kappa shape index (κ1) is 28.8. The molecule has 0 aromatic heterocycles. The van der Waals surface area contributed by atoms with Crippen molar-refractivity contribution < 1.29 is 14.2 Å². The minimum atomic E-state index is -0.988. The third-order valence-electron chi connectivity index (χ3n) is 5.71. The highest BCUT2D eigenvalue weighted by Gasteiger charge is 2.45. The Bertz CT molecular complexity index is 312. The number of unbranched alkanes of at least 4 members (excludes halogenated alkanes) is 8. The molecule has 0 fully saturated rings. The predicted octanol–water partition coefficient (Wildman–Crippen LogP) is 7.19. The zero-order valence-electron chi connectivity index (χ0n) is 20.5. The van der Waals surface area contributed by atoms with Gasteiger partial charge in [0.15, 0.2) is 0 Å². The minimum Gasteiger partial charge on any atom is -0.327 e. The maximum atomic E-state index is 6.64. The van der Waals surface area contributed by atoms with Crippen molar-refractivity contribution in [3.8, 4) is 0 Å². The lowest BCUT2D eigenvalue weighted by molar-refractivity contribution is -0.408. The van der Waals surface area contributed by atoms with Gasteiger partial charge in [-0.15, -0.1) is 0 Å². The van der Waals surface area contributed by atoms with Crippen molar-refractivity contribution in [2.24, 2.45) is 11.7 Å². The molecule has 0 saturated heterocycles. The number of rotatable bonds is 22. The van der Waals surface area contributed by atoms with Crippen molar-refractivity contribution in [2.45, 2.75) is 137 Å². The second kappa shape index (κ2) is 19.8. The molecule has 0 aromatic carbocycles. The summed E-state index contributed by atoms with van der Waals surface area (Å²) < 4.78 is 19.3. The van der Waals surface area contributed by atoms with Gasteiger partial charge in [-0.1, -0.05) is 92.4 Å². The van der Waals surface area contributed by atoms with Gasteiger partial charge >= 0.3 is 0 Å². The van der Waals surface area contributed by atoms with Crippen LogP contribution in [0, 0.1) is 5.92 Å². The van der Waals surface area contributed by atoms with E-state index >= 15 is 0 Å². The van der Waals surface area contributed by atoms with E-state index in [0.29, 0.717) is 19.8 Å². The van der Waals surface area contributed by atoms with Crippen LogP contribution in [-0.4, -0.2) is 31.8 Å². The topological polar surface area (TPSA) is 53.7 Å². The fraction of sp³-hybridized carbons (Fsp3) is 1.00. The van der Waals surface area contributed by atoms with E-state index in [1.54, 1.807) is 0 Å². The molecule has 0 saturated carbocycles. The number of hydrogen-bond acceptors (Lipinski definition) is 4. The monoisotopic (exact) mass is 415 g/mol. The van der Waals surface area contributed by atoms with Crippen molar-refractivity contribution in [2.75, 3.05) is 19.8 Å². The first-order valence-corrected chi connectivity index (χ1v) is 12.8. The van der Waals surface area contributed by atoms with Gasteiger partial charge in [-0.2, -0.15) is 0 Å². The Morgan fingerprint density at radius 2 is 1.00 bits per heavy atom. The predicted molar refractivity (Wildman–Crippen MR) is 125 cm³/mol. The van der Waals surface area contributed by atoms with Crippen LogP contribution in [0.3, 0.4) is 0 Å². The molecule has 0 heterocycles. The molecule has 0 radical (unpaired) electrons. The van der Waals surface area contributed by atoms with Crippen LogP contribution in [0.4, 0.5) is 0 Å². The van der Waals surface area contributed by atoms with Gasteiger partial charge in [0.1, 0.15) is 0 Å². The van der Waals surface area contributed by atoms with Crippen LogP contribution in [-0.2, 0) is 14.2 Å². The third-order valence-corrected chi connectivity index (χ3v) is 5.71. The van der Waals surface area contributed by atoms with Gasteiger partial charge in [0.2, 0.25) is 0 Å². The van der Waals surface area contributed by atoms with Crippen LogP contribution in [0.15, 0.2) is 0 Å². The number of nitrogens with two attached hydrogens (primary N) is 1. The lowest BCUT2D eigenvalue weighted by Gasteiger charge is -2.42. The van der Waals surface area contributed by atoms with Crippen LogP contribution >= 0.6 is 0 Å². The molecule has 0 aliphatic carbocycles. The lowest BCUT2D eigenvalue weighted by atomic mass is 9.89. The number of ether oxygens (including phenoxy) is 3. The van der Waals surface area contributed by atoms with E-state index in [-0.39, 0.29) is 12.0 Å². The van der Waals surface area contributed by atoms with Gasteiger partial charge in [-0.25, -0.2) is 0 Å². The Labute approximate surface area is 182 Å². The molecular formula is C25H53NO3. The molecule has 2 unspecified atom stereocenters. The Morgan fingerprint density at radius 1 is 0.586 bits per heavy atom. The molecule has 4 nitrogen and oxygen atoms in total. The van der Waals surface area contributed by atoms with E-state index in [4.69, 9.17) is 19.9 Å². The SMILES string of the molecule is CCCCCCCCC(C(N)CC)C(OCCCC)(OCCCC)OCCCC. The summed E-state index contributed by atoms with van der Waals surface area (Å²) in [7, 11) is 0. The highest BCUT2D eigenvalue weighted by atomic mass is 16.9. The second-order valence-corrected chi connectivity index (χ2v) is 8.44. The van der Waals surface area contributed by atoms with E-state index in [1.165, 1.54) is 32.1 Å². The van der Waals surface area contributed by atoms with Gasteiger partial charge in [-0.05, 0) is 32.1 Å². The molecule has 2 atom stereocenters. The molecule has 0 spiro atoms. The normalized spacial score (nSPS) is 14.3. The second-order valence-electron chi connectivity index (χ2n) is 8.44. The Kier molecular flexibility index (Phi) is 19.7. The van der Waals surface area contributed by atoms with Gasteiger partial charge < -0.3 is 19.9 Å². The Balaban J connectivity index is 5.30. The summed E-state index contributed by atoms with van der Waals surface area (Å²) in [5, 5.41) is 0. The largest absolute Gasteiger partial charge is 0.327 e. The minimum absolute atomic E-state index is 0.0236. The van der Waals surface area contributed by atoms with Crippen molar-refractivity contribution in [1.29, 1.82) is 0 Å². The standard InChI is InChI=1S/C25H53NO3/c1-6-11-15-16-17-18-19-23(24(26)10-5)25(27-20-12-7-2,28-21-13-8-3)29-22-14-9-4/h23-24H,6-22,26H2,1-5H3. The van der Waals surface area contributed by atoms with E-state index in [1.807, 2.05) is 0 Å².